The second-order valence-corrected chi connectivity index (χ2v) is 3.42. The van der Waals surface area contributed by atoms with Gasteiger partial charge in [0.25, 0.3) is 0 Å². The van der Waals surface area contributed by atoms with E-state index < -0.39 is 30.1 Å². The van der Waals surface area contributed by atoms with Gasteiger partial charge in [0.15, 0.2) is 11.6 Å². The zero-order valence-electron chi connectivity index (χ0n) is 9.24. The van der Waals surface area contributed by atoms with Crippen LogP contribution in [0.1, 0.15) is 12.5 Å². The van der Waals surface area contributed by atoms with Crippen molar-refractivity contribution < 1.29 is 23.4 Å². The molecule has 0 aliphatic carbocycles. The van der Waals surface area contributed by atoms with Crippen LogP contribution < -0.4 is 10.5 Å². The first kappa shape index (κ1) is 13.4. The zero-order chi connectivity index (χ0) is 13.0. The zero-order valence-corrected chi connectivity index (χ0v) is 9.24. The molecule has 0 saturated carbocycles. The maximum absolute atomic E-state index is 13.7. The van der Waals surface area contributed by atoms with Gasteiger partial charge in [-0.25, -0.2) is 8.78 Å². The molecule has 1 rings (SSSR count). The summed E-state index contributed by atoms with van der Waals surface area (Å²) in [6, 6.07) is 0.831. The summed E-state index contributed by atoms with van der Waals surface area (Å²) in [5.41, 5.74) is 4.87. The molecule has 6 heteroatoms. The molecule has 0 bridgehead atoms. The Balaban J connectivity index is 3.04. The minimum absolute atomic E-state index is 0.110. The van der Waals surface area contributed by atoms with Gasteiger partial charge in [-0.2, -0.15) is 0 Å². The molecule has 0 amide bonds. The van der Waals surface area contributed by atoms with Gasteiger partial charge in [0, 0.05) is 12.0 Å². The maximum atomic E-state index is 13.7. The second kappa shape index (κ2) is 5.58. The smallest absolute Gasteiger partial charge is 0.320 e. The van der Waals surface area contributed by atoms with Crippen LogP contribution in [0.25, 0.3) is 0 Å². The minimum Gasteiger partial charge on any atom is -0.491 e. The van der Waals surface area contributed by atoms with Crippen LogP contribution in [0, 0.1) is 11.6 Å². The molecule has 0 aliphatic rings. The molecule has 1 aromatic carbocycles. The fourth-order valence-corrected chi connectivity index (χ4v) is 1.34. The summed E-state index contributed by atoms with van der Waals surface area (Å²) in [5.74, 6) is -3.15. The quantitative estimate of drug-likeness (QED) is 0.820. The van der Waals surface area contributed by atoms with Crippen molar-refractivity contribution in [3.63, 3.8) is 0 Å². The highest BCUT2D eigenvalue weighted by Crippen LogP contribution is 2.24. The SMILES string of the molecule is CCOc1ccc(F)c(CC(N)C(=O)O)c1F. The summed E-state index contributed by atoms with van der Waals surface area (Å²) in [5, 5.41) is 8.60. The van der Waals surface area contributed by atoms with Crippen molar-refractivity contribution in [3.8, 4) is 5.75 Å². The Morgan fingerprint density at radius 1 is 1.53 bits per heavy atom. The van der Waals surface area contributed by atoms with Crippen molar-refractivity contribution in [1.29, 1.82) is 0 Å². The predicted molar refractivity (Wildman–Crippen MR) is 56.8 cm³/mol. The average molecular weight is 245 g/mol. The van der Waals surface area contributed by atoms with Crippen molar-refractivity contribution in [3.05, 3.63) is 29.3 Å². The molecule has 0 saturated heterocycles. The van der Waals surface area contributed by atoms with E-state index in [1.54, 1.807) is 6.92 Å². The van der Waals surface area contributed by atoms with Crippen LogP contribution in [0.5, 0.6) is 5.75 Å². The topological polar surface area (TPSA) is 72.5 Å². The Morgan fingerprint density at radius 2 is 2.18 bits per heavy atom. The third-order valence-corrected chi connectivity index (χ3v) is 2.19. The van der Waals surface area contributed by atoms with Gasteiger partial charge in [0.05, 0.1) is 6.61 Å². The first-order valence-corrected chi connectivity index (χ1v) is 5.05. The highest BCUT2D eigenvalue weighted by molar-refractivity contribution is 5.73. The Kier molecular flexibility index (Phi) is 4.39. The lowest BCUT2D eigenvalue weighted by Crippen LogP contribution is -2.33. The fraction of sp³-hybridized carbons (Fsp3) is 0.364. The number of hydrogen-bond acceptors (Lipinski definition) is 3. The van der Waals surface area contributed by atoms with Crippen LogP contribution in [0.4, 0.5) is 8.78 Å². The summed E-state index contributed by atoms with van der Waals surface area (Å²) in [4.78, 5) is 10.5. The Morgan fingerprint density at radius 3 is 2.71 bits per heavy atom. The first-order valence-electron chi connectivity index (χ1n) is 5.05. The summed E-state index contributed by atoms with van der Waals surface area (Å²) < 4.78 is 32.0. The number of aliphatic carboxylic acids is 1. The number of carboxylic acids is 1. The number of ether oxygens (including phenoxy) is 1. The highest BCUT2D eigenvalue weighted by Gasteiger charge is 2.20. The summed E-state index contributed by atoms with van der Waals surface area (Å²) >= 11 is 0. The normalized spacial score (nSPS) is 12.2. The Hall–Kier alpha value is -1.69. The van der Waals surface area contributed by atoms with Crippen molar-refractivity contribution in [2.45, 2.75) is 19.4 Å². The number of carbonyl (C=O) groups is 1. The molecule has 3 N–H and O–H groups in total. The number of halogens is 2. The molecule has 1 atom stereocenters. The lowest BCUT2D eigenvalue weighted by atomic mass is 10.0. The van der Waals surface area contributed by atoms with E-state index in [4.69, 9.17) is 15.6 Å². The number of hydrogen-bond donors (Lipinski definition) is 2. The van der Waals surface area contributed by atoms with Crippen LogP contribution >= 0.6 is 0 Å². The largest absolute Gasteiger partial charge is 0.491 e. The Bertz CT molecular complexity index is 423. The minimum atomic E-state index is -1.35. The fourth-order valence-electron chi connectivity index (χ4n) is 1.34. The van der Waals surface area contributed by atoms with Gasteiger partial charge < -0.3 is 15.6 Å². The van der Waals surface area contributed by atoms with E-state index >= 15 is 0 Å². The molecule has 0 aliphatic heterocycles. The molecule has 0 aromatic heterocycles. The van der Waals surface area contributed by atoms with Crippen LogP contribution in [0.3, 0.4) is 0 Å². The molecule has 0 fully saturated rings. The van der Waals surface area contributed by atoms with E-state index in [1.807, 2.05) is 0 Å². The summed E-state index contributed by atoms with van der Waals surface area (Å²) in [7, 11) is 0. The molecule has 0 spiro atoms. The third-order valence-electron chi connectivity index (χ3n) is 2.19. The van der Waals surface area contributed by atoms with Crippen LogP contribution in [0.2, 0.25) is 0 Å². The van der Waals surface area contributed by atoms with Gasteiger partial charge >= 0.3 is 5.97 Å². The van der Waals surface area contributed by atoms with Crippen LogP contribution in [0.15, 0.2) is 12.1 Å². The van der Waals surface area contributed by atoms with Crippen LogP contribution in [-0.2, 0) is 11.2 Å². The van der Waals surface area contributed by atoms with Gasteiger partial charge in [0.2, 0.25) is 0 Å². The van der Waals surface area contributed by atoms with E-state index in [0.29, 0.717) is 0 Å². The van der Waals surface area contributed by atoms with Gasteiger partial charge in [-0.15, -0.1) is 0 Å². The van der Waals surface area contributed by atoms with Crippen molar-refractivity contribution in [1.82, 2.24) is 0 Å². The van der Waals surface area contributed by atoms with E-state index in [1.165, 1.54) is 0 Å². The monoisotopic (exact) mass is 245 g/mol. The molecular weight excluding hydrogens is 232 g/mol. The van der Waals surface area contributed by atoms with Gasteiger partial charge in [-0.3, -0.25) is 4.79 Å². The first-order chi connectivity index (χ1) is 7.97. The summed E-state index contributed by atoms with van der Waals surface area (Å²) in [6.45, 7) is 1.89. The van der Waals surface area contributed by atoms with Crippen molar-refractivity contribution in [2.75, 3.05) is 6.61 Å². The molecule has 0 radical (unpaired) electrons. The van der Waals surface area contributed by atoms with Crippen molar-refractivity contribution in [2.24, 2.45) is 5.73 Å². The van der Waals surface area contributed by atoms with E-state index in [-0.39, 0.29) is 17.9 Å². The number of nitrogens with two attached hydrogens (primary N) is 1. The van der Waals surface area contributed by atoms with Gasteiger partial charge in [-0.1, -0.05) is 0 Å². The standard InChI is InChI=1S/C11H13F2NO3/c1-2-17-9-4-3-7(12)6(10(9)13)5-8(14)11(15)16/h3-4,8H,2,5,14H2,1H3,(H,15,16). The van der Waals surface area contributed by atoms with Gasteiger partial charge in [-0.05, 0) is 19.1 Å². The number of carboxylic acid groups (broad SMARTS) is 1. The van der Waals surface area contributed by atoms with E-state index in [9.17, 15) is 13.6 Å². The maximum Gasteiger partial charge on any atom is 0.320 e. The molecule has 1 unspecified atom stereocenters. The molecule has 94 valence electrons. The van der Waals surface area contributed by atoms with Gasteiger partial charge in [0.1, 0.15) is 11.9 Å². The Labute approximate surface area is 97.0 Å². The number of rotatable bonds is 5. The molecule has 0 heterocycles. The average Bonchev–Trinajstić information content (AvgIpc) is 2.28. The number of benzene rings is 1. The van der Waals surface area contributed by atoms with E-state index in [2.05, 4.69) is 0 Å². The molecule has 17 heavy (non-hydrogen) atoms. The summed E-state index contributed by atoms with van der Waals surface area (Å²) in [6.07, 6.45) is -0.423. The van der Waals surface area contributed by atoms with Crippen LogP contribution in [-0.4, -0.2) is 23.7 Å². The molecule has 4 nitrogen and oxygen atoms in total. The van der Waals surface area contributed by atoms with E-state index in [0.717, 1.165) is 12.1 Å². The third kappa shape index (κ3) is 3.13. The lowest BCUT2D eigenvalue weighted by molar-refractivity contribution is -0.138. The molecule has 1 aromatic rings. The second-order valence-electron chi connectivity index (χ2n) is 3.42. The molecular formula is C11H13F2NO3. The lowest BCUT2D eigenvalue weighted by Gasteiger charge is -2.11. The van der Waals surface area contributed by atoms with Crippen molar-refractivity contribution >= 4 is 5.97 Å². The predicted octanol–water partition coefficient (Wildman–Crippen LogP) is 1.32. The highest BCUT2D eigenvalue weighted by atomic mass is 19.1.